The lowest BCUT2D eigenvalue weighted by Crippen LogP contribution is -2.16. The maximum Gasteiger partial charge on any atom is 0.223 e. The van der Waals surface area contributed by atoms with Crippen LogP contribution >= 0.6 is 0 Å². The van der Waals surface area contributed by atoms with Crippen LogP contribution in [-0.4, -0.2) is 15.9 Å². The highest BCUT2D eigenvalue weighted by atomic mass is 16.1. The number of carbonyl (C=O) groups is 1. The molecule has 2 aromatic carbocycles. The summed E-state index contributed by atoms with van der Waals surface area (Å²) in [6, 6.07) is 17.3. The monoisotopic (exact) mass is 263 g/mol. The molecule has 0 aliphatic rings. The van der Waals surface area contributed by atoms with Crippen molar-refractivity contribution in [3.63, 3.8) is 0 Å². The van der Waals surface area contributed by atoms with Crippen LogP contribution in [0, 0.1) is 0 Å². The molecule has 3 rings (SSSR count). The van der Waals surface area contributed by atoms with Crippen LogP contribution in [0.15, 0.2) is 54.6 Å². The molecule has 98 valence electrons. The van der Waals surface area contributed by atoms with Gasteiger partial charge in [0.05, 0.1) is 28.8 Å². The quantitative estimate of drug-likeness (QED) is 0.788. The average molecular weight is 263 g/mol. The fourth-order valence-corrected chi connectivity index (χ4v) is 2.15. The predicted octanol–water partition coefficient (Wildman–Crippen LogP) is 2.32. The van der Waals surface area contributed by atoms with Crippen molar-refractivity contribution in [3.8, 4) is 11.3 Å². The number of nitrogens with two attached hydrogens (primary N) is 1. The average Bonchev–Trinajstić information content (AvgIpc) is 2.47. The first-order valence-corrected chi connectivity index (χ1v) is 6.33. The lowest BCUT2D eigenvalue weighted by molar-refractivity contribution is -0.117. The third-order valence-electron chi connectivity index (χ3n) is 3.03. The minimum absolute atomic E-state index is 0.0854. The number of nitrogens with zero attached hydrogens (tertiary/aromatic N) is 2. The lowest BCUT2D eigenvalue weighted by atomic mass is 10.1. The van der Waals surface area contributed by atoms with Crippen molar-refractivity contribution >= 4 is 16.9 Å². The minimum atomic E-state index is -0.410. The van der Waals surface area contributed by atoms with Gasteiger partial charge in [0.25, 0.3) is 0 Å². The lowest BCUT2D eigenvalue weighted by Gasteiger charge is -2.08. The summed E-state index contributed by atoms with van der Waals surface area (Å²) in [7, 11) is 0. The Balaban J connectivity index is 2.24. The first kappa shape index (κ1) is 12.3. The molecule has 0 unspecified atom stereocenters. The van der Waals surface area contributed by atoms with E-state index in [0.717, 1.165) is 16.6 Å². The van der Waals surface area contributed by atoms with E-state index in [9.17, 15) is 4.79 Å². The fraction of sp³-hybridized carbons (Fsp3) is 0.0625. The second-order valence-corrected chi connectivity index (χ2v) is 4.52. The van der Waals surface area contributed by atoms with E-state index in [2.05, 4.69) is 9.97 Å². The van der Waals surface area contributed by atoms with Crippen molar-refractivity contribution in [3.05, 3.63) is 60.3 Å². The summed E-state index contributed by atoms with van der Waals surface area (Å²) >= 11 is 0. The van der Waals surface area contributed by atoms with E-state index < -0.39 is 5.91 Å². The first-order chi connectivity index (χ1) is 9.74. The van der Waals surface area contributed by atoms with Gasteiger partial charge in [-0.15, -0.1) is 0 Å². The summed E-state index contributed by atoms with van der Waals surface area (Å²) in [5, 5.41) is 0. The van der Waals surface area contributed by atoms with Crippen LogP contribution in [0.3, 0.4) is 0 Å². The molecule has 0 spiro atoms. The highest BCUT2D eigenvalue weighted by molar-refractivity contribution is 5.82. The molecule has 1 heterocycles. The summed E-state index contributed by atoms with van der Waals surface area (Å²) in [5.74, 6) is -0.410. The molecule has 0 saturated carbocycles. The summed E-state index contributed by atoms with van der Waals surface area (Å²) in [5.41, 5.74) is 9.14. The second-order valence-electron chi connectivity index (χ2n) is 4.52. The molecule has 1 aromatic heterocycles. The van der Waals surface area contributed by atoms with Gasteiger partial charge in [0.2, 0.25) is 5.91 Å². The number of primary amides is 1. The summed E-state index contributed by atoms with van der Waals surface area (Å²) in [6.07, 6.45) is 0.0854. The molecule has 4 nitrogen and oxygen atoms in total. The molecule has 0 radical (unpaired) electrons. The molecule has 0 bridgehead atoms. The molecule has 0 fully saturated rings. The van der Waals surface area contributed by atoms with E-state index in [-0.39, 0.29) is 6.42 Å². The van der Waals surface area contributed by atoms with Crippen molar-refractivity contribution in [2.45, 2.75) is 6.42 Å². The third kappa shape index (κ3) is 2.36. The van der Waals surface area contributed by atoms with E-state index in [1.165, 1.54) is 0 Å². The molecule has 0 saturated heterocycles. The Morgan fingerprint density at radius 2 is 1.50 bits per heavy atom. The zero-order valence-electron chi connectivity index (χ0n) is 10.8. The van der Waals surface area contributed by atoms with Crippen LogP contribution in [0.5, 0.6) is 0 Å². The highest BCUT2D eigenvalue weighted by Gasteiger charge is 2.12. The normalized spacial score (nSPS) is 10.6. The predicted molar refractivity (Wildman–Crippen MR) is 77.9 cm³/mol. The molecule has 2 N–H and O–H groups in total. The number of amides is 1. The molecule has 4 heteroatoms. The molecule has 0 atom stereocenters. The van der Waals surface area contributed by atoms with E-state index in [4.69, 9.17) is 5.73 Å². The summed E-state index contributed by atoms with van der Waals surface area (Å²) < 4.78 is 0. The number of hydrogen-bond acceptors (Lipinski definition) is 3. The van der Waals surface area contributed by atoms with Gasteiger partial charge >= 0.3 is 0 Å². The topological polar surface area (TPSA) is 68.9 Å². The molecule has 3 aromatic rings. The van der Waals surface area contributed by atoms with Gasteiger partial charge in [0.15, 0.2) is 0 Å². The van der Waals surface area contributed by atoms with Crippen LogP contribution in [0.25, 0.3) is 22.3 Å². The van der Waals surface area contributed by atoms with Crippen LogP contribution in [0.4, 0.5) is 0 Å². The minimum Gasteiger partial charge on any atom is -0.369 e. The summed E-state index contributed by atoms with van der Waals surface area (Å²) in [6.45, 7) is 0. The smallest absolute Gasteiger partial charge is 0.223 e. The number of benzene rings is 2. The van der Waals surface area contributed by atoms with Crippen LogP contribution in [-0.2, 0) is 11.2 Å². The Labute approximate surface area is 116 Å². The largest absolute Gasteiger partial charge is 0.369 e. The van der Waals surface area contributed by atoms with Crippen molar-refractivity contribution in [1.82, 2.24) is 9.97 Å². The maximum absolute atomic E-state index is 11.2. The van der Waals surface area contributed by atoms with Gasteiger partial charge in [-0.05, 0) is 12.1 Å². The van der Waals surface area contributed by atoms with E-state index in [1.807, 2.05) is 54.6 Å². The van der Waals surface area contributed by atoms with Gasteiger partial charge in [0, 0.05) is 5.56 Å². The zero-order valence-corrected chi connectivity index (χ0v) is 10.8. The Bertz CT molecular complexity index is 769. The maximum atomic E-state index is 11.2. The van der Waals surface area contributed by atoms with Gasteiger partial charge in [-0.2, -0.15) is 0 Å². The zero-order chi connectivity index (χ0) is 13.9. The number of hydrogen-bond donors (Lipinski definition) is 1. The van der Waals surface area contributed by atoms with Gasteiger partial charge in [-0.1, -0.05) is 42.5 Å². The molecule has 1 amide bonds. The second kappa shape index (κ2) is 5.09. The van der Waals surface area contributed by atoms with Crippen LogP contribution < -0.4 is 5.73 Å². The van der Waals surface area contributed by atoms with Crippen molar-refractivity contribution in [2.24, 2.45) is 5.73 Å². The third-order valence-corrected chi connectivity index (χ3v) is 3.03. The molecule has 20 heavy (non-hydrogen) atoms. The van der Waals surface area contributed by atoms with E-state index in [1.54, 1.807) is 0 Å². The molecular weight excluding hydrogens is 250 g/mol. The Morgan fingerprint density at radius 1 is 0.900 bits per heavy atom. The fourth-order valence-electron chi connectivity index (χ4n) is 2.15. The van der Waals surface area contributed by atoms with E-state index >= 15 is 0 Å². The molecular formula is C16H13N3O. The highest BCUT2D eigenvalue weighted by Crippen LogP contribution is 2.23. The van der Waals surface area contributed by atoms with Crippen LogP contribution in [0.1, 0.15) is 5.69 Å². The first-order valence-electron chi connectivity index (χ1n) is 6.33. The number of rotatable bonds is 3. The molecule has 0 aliphatic carbocycles. The number of carbonyl (C=O) groups excluding carboxylic acids is 1. The Kier molecular flexibility index (Phi) is 3.13. The SMILES string of the molecule is NC(=O)Cc1nc2ccccc2nc1-c1ccccc1. The summed E-state index contributed by atoms with van der Waals surface area (Å²) in [4.78, 5) is 20.4. The Morgan fingerprint density at radius 3 is 2.15 bits per heavy atom. The van der Waals surface area contributed by atoms with Gasteiger partial charge in [-0.3, -0.25) is 4.79 Å². The van der Waals surface area contributed by atoms with Crippen molar-refractivity contribution in [2.75, 3.05) is 0 Å². The van der Waals surface area contributed by atoms with Crippen LogP contribution in [0.2, 0.25) is 0 Å². The number of para-hydroxylation sites is 2. The van der Waals surface area contributed by atoms with Gasteiger partial charge < -0.3 is 5.73 Å². The van der Waals surface area contributed by atoms with E-state index in [0.29, 0.717) is 11.4 Å². The molecule has 0 aliphatic heterocycles. The van der Waals surface area contributed by atoms with Gasteiger partial charge in [0.1, 0.15) is 0 Å². The van der Waals surface area contributed by atoms with Crippen molar-refractivity contribution < 1.29 is 4.79 Å². The Hall–Kier alpha value is -2.75. The number of fused-ring (bicyclic) bond motifs is 1. The number of aromatic nitrogens is 2. The standard InChI is InChI=1S/C16H13N3O/c17-15(20)10-14-16(11-6-2-1-3-7-11)19-13-9-5-4-8-12(13)18-14/h1-9H,10H2,(H2,17,20). The van der Waals surface area contributed by atoms with Gasteiger partial charge in [-0.25, -0.2) is 9.97 Å². The van der Waals surface area contributed by atoms with Crippen molar-refractivity contribution in [1.29, 1.82) is 0 Å².